The van der Waals surface area contributed by atoms with Gasteiger partial charge < -0.3 is 15.0 Å². The highest BCUT2D eigenvalue weighted by atomic mass is 16.5. The molecule has 0 aliphatic heterocycles. The Bertz CT molecular complexity index is 182. The number of nitrogens with one attached hydrogen (secondary N) is 1. The summed E-state index contributed by atoms with van der Waals surface area (Å²) in [6, 6.07) is 0. The third-order valence-electron chi connectivity index (χ3n) is 1.44. The molecule has 2 amide bonds. The number of methoxy groups -OCH3 is 1. The quantitative estimate of drug-likeness (QED) is 0.686. The molecule has 5 heteroatoms. The van der Waals surface area contributed by atoms with Crippen LogP contribution in [0.1, 0.15) is 13.3 Å². The topological polar surface area (TPSA) is 58.6 Å². The van der Waals surface area contributed by atoms with Crippen LogP contribution in [0.4, 0.5) is 4.79 Å². The number of carbonyl (C=O) groups excluding carboxylic acids is 2. The van der Waals surface area contributed by atoms with Gasteiger partial charge in [0.1, 0.15) is 6.54 Å². The summed E-state index contributed by atoms with van der Waals surface area (Å²) in [6.45, 7) is 2.63. The molecule has 13 heavy (non-hydrogen) atoms. The fraction of sp³-hybridized carbons (Fsp3) is 0.750. The monoisotopic (exact) mass is 188 g/mol. The molecule has 0 spiro atoms. The van der Waals surface area contributed by atoms with Crippen LogP contribution in [-0.2, 0) is 9.53 Å². The maximum atomic E-state index is 11.1. The van der Waals surface area contributed by atoms with Gasteiger partial charge in [0.05, 0.1) is 7.11 Å². The van der Waals surface area contributed by atoms with E-state index >= 15 is 0 Å². The van der Waals surface area contributed by atoms with Gasteiger partial charge in [-0.25, -0.2) is 4.79 Å². The zero-order valence-corrected chi connectivity index (χ0v) is 8.29. The number of ether oxygens (including phenoxy) is 1. The van der Waals surface area contributed by atoms with Crippen LogP contribution in [0, 0.1) is 0 Å². The van der Waals surface area contributed by atoms with E-state index in [4.69, 9.17) is 0 Å². The molecule has 0 unspecified atom stereocenters. The van der Waals surface area contributed by atoms with Crippen molar-refractivity contribution >= 4 is 12.0 Å². The average molecular weight is 188 g/mol. The Balaban J connectivity index is 3.71. The van der Waals surface area contributed by atoms with E-state index in [0.29, 0.717) is 6.54 Å². The number of rotatable bonds is 4. The molecule has 0 radical (unpaired) electrons. The van der Waals surface area contributed by atoms with Crippen molar-refractivity contribution in [3.05, 3.63) is 0 Å². The first-order valence-corrected chi connectivity index (χ1v) is 4.17. The van der Waals surface area contributed by atoms with Crippen molar-refractivity contribution in [3.63, 3.8) is 0 Å². The Morgan fingerprint density at radius 3 is 2.54 bits per heavy atom. The average Bonchev–Trinajstić information content (AvgIpc) is 2.13. The predicted octanol–water partition coefficient (Wildman–Crippen LogP) is 0.211. The summed E-state index contributed by atoms with van der Waals surface area (Å²) in [5.41, 5.74) is 0. The van der Waals surface area contributed by atoms with Gasteiger partial charge in [-0.1, -0.05) is 6.92 Å². The first-order chi connectivity index (χ1) is 6.11. The van der Waals surface area contributed by atoms with Gasteiger partial charge in [-0.3, -0.25) is 4.79 Å². The molecule has 5 nitrogen and oxygen atoms in total. The molecule has 0 saturated carbocycles. The number of hydrogen-bond acceptors (Lipinski definition) is 3. The molecule has 0 aliphatic carbocycles. The maximum absolute atomic E-state index is 11.1. The number of nitrogens with zero attached hydrogens (tertiary/aromatic N) is 1. The Morgan fingerprint density at radius 2 is 2.08 bits per heavy atom. The molecule has 0 heterocycles. The second-order valence-corrected chi connectivity index (χ2v) is 2.68. The van der Waals surface area contributed by atoms with Crippen molar-refractivity contribution in [1.82, 2.24) is 10.2 Å². The van der Waals surface area contributed by atoms with E-state index in [-0.39, 0.29) is 12.5 Å². The highest BCUT2D eigenvalue weighted by Gasteiger charge is 2.11. The van der Waals surface area contributed by atoms with E-state index in [1.54, 1.807) is 0 Å². The zero-order chi connectivity index (χ0) is 10.3. The summed E-state index contributed by atoms with van der Waals surface area (Å²) in [6.07, 6.45) is 0.375. The molecule has 0 aromatic heterocycles. The number of amides is 2. The van der Waals surface area contributed by atoms with Crippen LogP contribution >= 0.6 is 0 Å². The Kier molecular flexibility index (Phi) is 5.67. The molecule has 1 N–H and O–H groups in total. The van der Waals surface area contributed by atoms with Crippen molar-refractivity contribution in [2.45, 2.75) is 13.3 Å². The Hall–Kier alpha value is -1.26. The first kappa shape index (κ1) is 11.7. The highest BCUT2D eigenvalue weighted by Crippen LogP contribution is 1.87. The Labute approximate surface area is 78.0 Å². The molecule has 0 saturated heterocycles. The lowest BCUT2D eigenvalue weighted by molar-refractivity contribution is -0.121. The van der Waals surface area contributed by atoms with Crippen molar-refractivity contribution in [1.29, 1.82) is 0 Å². The van der Waals surface area contributed by atoms with Crippen molar-refractivity contribution in [3.8, 4) is 0 Å². The summed E-state index contributed by atoms with van der Waals surface area (Å²) in [5.74, 6) is -0.172. The van der Waals surface area contributed by atoms with Gasteiger partial charge in [-0.05, 0) is 6.42 Å². The van der Waals surface area contributed by atoms with E-state index in [1.165, 1.54) is 19.1 Å². The minimum absolute atomic E-state index is 0.0344. The fourth-order valence-corrected chi connectivity index (χ4v) is 0.756. The minimum Gasteiger partial charge on any atom is -0.453 e. The molecular weight excluding hydrogens is 172 g/mol. The van der Waals surface area contributed by atoms with Gasteiger partial charge in [-0.2, -0.15) is 0 Å². The normalized spacial score (nSPS) is 9.15. The molecule has 0 atom stereocenters. The summed E-state index contributed by atoms with van der Waals surface area (Å²) in [4.78, 5) is 23.1. The predicted molar refractivity (Wildman–Crippen MR) is 48.3 cm³/mol. The van der Waals surface area contributed by atoms with Gasteiger partial charge in [0.25, 0.3) is 0 Å². The second-order valence-electron chi connectivity index (χ2n) is 2.68. The van der Waals surface area contributed by atoms with Crippen LogP contribution in [0.2, 0.25) is 0 Å². The third-order valence-corrected chi connectivity index (χ3v) is 1.44. The van der Waals surface area contributed by atoms with E-state index in [1.807, 2.05) is 6.92 Å². The van der Waals surface area contributed by atoms with E-state index < -0.39 is 6.09 Å². The molecular formula is C8H16N2O3. The summed E-state index contributed by atoms with van der Waals surface area (Å²) in [5, 5.41) is 2.65. The first-order valence-electron chi connectivity index (χ1n) is 4.17. The van der Waals surface area contributed by atoms with Crippen LogP contribution in [0.25, 0.3) is 0 Å². The van der Waals surface area contributed by atoms with E-state index in [2.05, 4.69) is 10.1 Å². The van der Waals surface area contributed by atoms with E-state index in [9.17, 15) is 9.59 Å². The molecule has 76 valence electrons. The third kappa shape index (κ3) is 5.05. The van der Waals surface area contributed by atoms with Crippen molar-refractivity contribution in [2.75, 3.05) is 27.2 Å². The number of hydrogen-bond donors (Lipinski definition) is 1. The SMILES string of the molecule is CCCNC(=O)CN(C)C(=O)OC. The standard InChI is InChI=1S/C8H16N2O3/c1-4-5-9-7(11)6-10(2)8(12)13-3/h4-6H2,1-3H3,(H,9,11). The van der Waals surface area contributed by atoms with Crippen LogP contribution in [0.3, 0.4) is 0 Å². The Morgan fingerprint density at radius 1 is 1.46 bits per heavy atom. The van der Waals surface area contributed by atoms with Gasteiger partial charge in [0, 0.05) is 13.6 Å². The lowest BCUT2D eigenvalue weighted by atomic mass is 10.4. The fourth-order valence-electron chi connectivity index (χ4n) is 0.756. The van der Waals surface area contributed by atoms with Crippen LogP contribution in [0.5, 0.6) is 0 Å². The molecule has 0 aromatic carbocycles. The lowest BCUT2D eigenvalue weighted by Crippen LogP contribution is -2.38. The molecule has 0 aromatic rings. The van der Waals surface area contributed by atoms with Gasteiger partial charge in [0.15, 0.2) is 0 Å². The molecule has 0 bridgehead atoms. The van der Waals surface area contributed by atoms with Gasteiger partial charge in [0.2, 0.25) is 5.91 Å². The van der Waals surface area contributed by atoms with Crippen LogP contribution < -0.4 is 5.32 Å². The second kappa shape index (κ2) is 6.28. The zero-order valence-electron chi connectivity index (χ0n) is 8.29. The smallest absolute Gasteiger partial charge is 0.409 e. The van der Waals surface area contributed by atoms with E-state index in [0.717, 1.165) is 6.42 Å². The maximum Gasteiger partial charge on any atom is 0.409 e. The number of carbonyl (C=O) groups is 2. The largest absolute Gasteiger partial charge is 0.453 e. The lowest BCUT2D eigenvalue weighted by Gasteiger charge is -2.14. The highest BCUT2D eigenvalue weighted by molar-refractivity contribution is 5.81. The summed E-state index contributed by atoms with van der Waals surface area (Å²) >= 11 is 0. The molecule has 0 aliphatic rings. The molecule has 0 rings (SSSR count). The summed E-state index contributed by atoms with van der Waals surface area (Å²) in [7, 11) is 2.79. The summed E-state index contributed by atoms with van der Waals surface area (Å²) < 4.78 is 4.42. The number of likely N-dealkylation sites (N-methyl/N-ethyl adjacent to an activating group) is 1. The van der Waals surface area contributed by atoms with Crippen molar-refractivity contribution in [2.24, 2.45) is 0 Å². The molecule has 0 fully saturated rings. The van der Waals surface area contributed by atoms with Crippen LogP contribution in [-0.4, -0.2) is 44.1 Å². The van der Waals surface area contributed by atoms with Gasteiger partial charge in [-0.15, -0.1) is 0 Å². The van der Waals surface area contributed by atoms with Crippen LogP contribution in [0.15, 0.2) is 0 Å². The van der Waals surface area contributed by atoms with Crippen molar-refractivity contribution < 1.29 is 14.3 Å². The van der Waals surface area contributed by atoms with Gasteiger partial charge >= 0.3 is 6.09 Å². The minimum atomic E-state index is -0.508.